The molecule has 0 bridgehead atoms. The van der Waals surface area contributed by atoms with Crippen molar-refractivity contribution >= 4 is 6.47 Å². The molecule has 1 unspecified atom stereocenters. The van der Waals surface area contributed by atoms with Gasteiger partial charge in [0.2, 0.25) is 5.79 Å². The molecule has 0 aliphatic carbocycles. The molecule has 1 aromatic rings. The molecule has 0 N–H and O–H groups in total. The topological polar surface area (TPSA) is 35.5 Å². The van der Waals surface area contributed by atoms with Crippen molar-refractivity contribution in [1.82, 2.24) is 0 Å². The molecule has 1 radical (unpaired) electrons. The first-order valence-electron chi connectivity index (χ1n) is 4.97. The average Bonchev–Trinajstić information content (AvgIpc) is 2.28. The maximum absolute atomic E-state index is 10.3. The zero-order valence-electron chi connectivity index (χ0n) is 9.03. The maximum Gasteiger partial charge on any atom is 0.420 e. The molecule has 1 atom stereocenters. The van der Waals surface area contributed by atoms with Crippen LogP contribution >= 0.6 is 0 Å². The van der Waals surface area contributed by atoms with Crippen molar-refractivity contribution in [3.63, 3.8) is 0 Å². The molecule has 0 aromatic heterocycles. The third-order valence-electron chi connectivity index (χ3n) is 2.12. The van der Waals surface area contributed by atoms with Gasteiger partial charge in [0, 0.05) is 12.5 Å². The number of hydrogen-bond donors (Lipinski definition) is 0. The summed E-state index contributed by atoms with van der Waals surface area (Å²) in [4.78, 5) is 10.3. The second-order valence-corrected chi connectivity index (χ2v) is 3.35. The van der Waals surface area contributed by atoms with Crippen molar-refractivity contribution in [3.05, 3.63) is 35.9 Å². The van der Waals surface area contributed by atoms with Gasteiger partial charge in [0.15, 0.2) is 0 Å². The van der Waals surface area contributed by atoms with Crippen molar-refractivity contribution < 1.29 is 14.3 Å². The molecule has 0 aliphatic rings. The van der Waals surface area contributed by atoms with E-state index in [4.69, 9.17) is 9.47 Å². The number of rotatable bonds is 6. The highest BCUT2D eigenvalue weighted by molar-refractivity contribution is 5.40. The van der Waals surface area contributed by atoms with Gasteiger partial charge in [-0.15, -0.1) is 0 Å². The monoisotopic (exact) mass is 207 g/mol. The third kappa shape index (κ3) is 3.06. The molecule has 0 fully saturated rings. The highest BCUT2D eigenvalue weighted by atomic mass is 16.7. The van der Waals surface area contributed by atoms with Crippen LogP contribution in [-0.4, -0.2) is 13.1 Å². The van der Waals surface area contributed by atoms with Crippen LogP contribution in [0.4, 0.5) is 0 Å². The van der Waals surface area contributed by atoms with Gasteiger partial charge in [0.1, 0.15) is 0 Å². The molecular formula is C12H15O3. The molecule has 15 heavy (non-hydrogen) atoms. The van der Waals surface area contributed by atoms with Crippen molar-refractivity contribution in [3.8, 4) is 0 Å². The molecular weight excluding hydrogens is 192 g/mol. The number of ether oxygens (including phenoxy) is 2. The smallest absolute Gasteiger partial charge is 0.420 e. The Morgan fingerprint density at radius 2 is 2.00 bits per heavy atom. The third-order valence-corrected chi connectivity index (χ3v) is 2.12. The molecule has 0 aliphatic heterocycles. The summed E-state index contributed by atoms with van der Waals surface area (Å²) >= 11 is 0. The van der Waals surface area contributed by atoms with Crippen molar-refractivity contribution in [1.29, 1.82) is 0 Å². The standard InChI is InChI=1S/C12H15O3/c1-3-9-14-12(2,15-10-13)11-7-5-4-6-8-11/h4-8H,3,9H2,1-2H3. The fourth-order valence-electron chi connectivity index (χ4n) is 1.29. The minimum absolute atomic E-state index is 0.535. The average molecular weight is 207 g/mol. The van der Waals surface area contributed by atoms with E-state index in [0.29, 0.717) is 6.61 Å². The lowest BCUT2D eigenvalue weighted by atomic mass is 10.1. The lowest BCUT2D eigenvalue weighted by molar-refractivity contribution is -0.187. The molecule has 0 saturated heterocycles. The van der Waals surface area contributed by atoms with Gasteiger partial charge in [-0.3, -0.25) is 0 Å². The minimum atomic E-state index is -1.03. The highest BCUT2D eigenvalue weighted by Gasteiger charge is 2.29. The Balaban J connectivity index is 2.85. The predicted octanol–water partition coefficient (Wildman–Crippen LogP) is 2.37. The Labute approximate surface area is 90.0 Å². The molecule has 0 spiro atoms. The van der Waals surface area contributed by atoms with Crippen molar-refractivity contribution in [2.75, 3.05) is 6.61 Å². The van der Waals surface area contributed by atoms with E-state index >= 15 is 0 Å². The zero-order chi connectivity index (χ0) is 11.1. The summed E-state index contributed by atoms with van der Waals surface area (Å²) in [5.41, 5.74) is 0.807. The van der Waals surface area contributed by atoms with Crippen LogP contribution in [0.25, 0.3) is 0 Å². The summed E-state index contributed by atoms with van der Waals surface area (Å²) in [6.07, 6.45) is 0.866. The van der Waals surface area contributed by atoms with Gasteiger partial charge >= 0.3 is 6.47 Å². The first-order chi connectivity index (χ1) is 7.23. The van der Waals surface area contributed by atoms with Crippen LogP contribution in [0.1, 0.15) is 25.8 Å². The first kappa shape index (κ1) is 11.7. The summed E-state index contributed by atoms with van der Waals surface area (Å²) in [6.45, 7) is 5.68. The fraction of sp³-hybridized carbons (Fsp3) is 0.417. The molecule has 0 amide bonds. The van der Waals surface area contributed by atoms with E-state index in [1.165, 1.54) is 6.47 Å². The molecule has 0 heterocycles. The summed E-state index contributed by atoms with van der Waals surface area (Å²) in [6, 6.07) is 9.35. The van der Waals surface area contributed by atoms with Gasteiger partial charge in [-0.2, -0.15) is 0 Å². The zero-order valence-corrected chi connectivity index (χ0v) is 9.03. The van der Waals surface area contributed by atoms with Gasteiger partial charge in [0.25, 0.3) is 0 Å². The van der Waals surface area contributed by atoms with Crippen LogP contribution in [0.3, 0.4) is 0 Å². The second-order valence-electron chi connectivity index (χ2n) is 3.35. The van der Waals surface area contributed by atoms with E-state index in [1.54, 1.807) is 6.92 Å². The van der Waals surface area contributed by atoms with Crippen molar-refractivity contribution in [2.45, 2.75) is 26.1 Å². The Hall–Kier alpha value is -1.35. The van der Waals surface area contributed by atoms with E-state index in [-0.39, 0.29) is 0 Å². The molecule has 81 valence electrons. The minimum Gasteiger partial charge on any atom is -0.420 e. The predicted molar refractivity (Wildman–Crippen MR) is 56.8 cm³/mol. The maximum atomic E-state index is 10.3. The van der Waals surface area contributed by atoms with E-state index in [9.17, 15) is 4.79 Å². The summed E-state index contributed by atoms with van der Waals surface area (Å²) < 4.78 is 10.4. The van der Waals surface area contributed by atoms with Crippen LogP contribution in [0.15, 0.2) is 30.3 Å². The summed E-state index contributed by atoms with van der Waals surface area (Å²) in [5.74, 6) is -1.03. The Morgan fingerprint density at radius 1 is 1.33 bits per heavy atom. The van der Waals surface area contributed by atoms with E-state index in [1.807, 2.05) is 37.3 Å². The van der Waals surface area contributed by atoms with Crippen LogP contribution in [0, 0.1) is 0 Å². The van der Waals surface area contributed by atoms with Crippen LogP contribution in [-0.2, 0) is 20.1 Å². The van der Waals surface area contributed by atoms with Crippen molar-refractivity contribution in [2.24, 2.45) is 0 Å². The Morgan fingerprint density at radius 3 is 2.53 bits per heavy atom. The molecule has 3 heteroatoms. The van der Waals surface area contributed by atoms with Gasteiger partial charge in [0.05, 0.1) is 6.61 Å². The summed E-state index contributed by atoms with van der Waals surface area (Å²) in [5, 5.41) is 0. The number of carbonyl (C=O) groups excluding carboxylic acids is 1. The lowest BCUT2D eigenvalue weighted by Crippen LogP contribution is -2.29. The van der Waals surface area contributed by atoms with Crippen LogP contribution in [0.2, 0.25) is 0 Å². The first-order valence-corrected chi connectivity index (χ1v) is 4.97. The lowest BCUT2D eigenvalue weighted by Gasteiger charge is -2.27. The van der Waals surface area contributed by atoms with E-state index < -0.39 is 5.79 Å². The van der Waals surface area contributed by atoms with Crippen LogP contribution in [0.5, 0.6) is 0 Å². The van der Waals surface area contributed by atoms with Gasteiger partial charge in [-0.25, -0.2) is 4.79 Å². The quantitative estimate of drug-likeness (QED) is 0.672. The second kappa shape index (κ2) is 5.51. The van der Waals surface area contributed by atoms with Gasteiger partial charge in [-0.05, 0) is 6.42 Å². The van der Waals surface area contributed by atoms with Gasteiger partial charge in [-0.1, -0.05) is 37.3 Å². The number of hydrogen-bond acceptors (Lipinski definition) is 3. The Kier molecular flexibility index (Phi) is 4.31. The van der Waals surface area contributed by atoms with E-state index in [0.717, 1.165) is 12.0 Å². The number of benzene rings is 1. The largest absolute Gasteiger partial charge is 0.420 e. The summed E-state index contributed by atoms with van der Waals surface area (Å²) in [7, 11) is 0. The van der Waals surface area contributed by atoms with Crippen LogP contribution < -0.4 is 0 Å². The molecule has 1 aromatic carbocycles. The van der Waals surface area contributed by atoms with Gasteiger partial charge < -0.3 is 9.47 Å². The molecule has 3 nitrogen and oxygen atoms in total. The normalized spacial score (nSPS) is 14.3. The SMILES string of the molecule is CCCOC(C)(O[C]=O)c1ccccc1. The highest BCUT2D eigenvalue weighted by Crippen LogP contribution is 2.25. The Bertz CT molecular complexity index is 297. The molecule has 0 saturated carbocycles. The molecule has 1 rings (SSSR count). The van der Waals surface area contributed by atoms with E-state index in [2.05, 4.69) is 0 Å². The fourth-order valence-corrected chi connectivity index (χ4v) is 1.29.